The van der Waals surface area contributed by atoms with Gasteiger partial charge in [0.1, 0.15) is 11.9 Å². The van der Waals surface area contributed by atoms with E-state index in [-0.39, 0.29) is 6.10 Å². The minimum atomic E-state index is 0.0751. The molecule has 1 atom stereocenters. The zero-order valence-electron chi connectivity index (χ0n) is 8.70. The molecule has 1 aliphatic rings. The van der Waals surface area contributed by atoms with Crippen LogP contribution in [0.4, 0.5) is 0 Å². The van der Waals surface area contributed by atoms with Gasteiger partial charge in [0.15, 0.2) is 0 Å². The Bertz CT molecular complexity index is 380. The van der Waals surface area contributed by atoms with Gasteiger partial charge in [-0.2, -0.15) is 0 Å². The van der Waals surface area contributed by atoms with E-state index in [1.165, 1.54) is 5.56 Å². The summed E-state index contributed by atoms with van der Waals surface area (Å²) in [5.41, 5.74) is 2.33. The highest BCUT2D eigenvalue weighted by Gasteiger charge is 2.20. The molecule has 2 heteroatoms. The summed E-state index contributed by atoms with van der Waals surface area (Å²) in [7, 11) is 1.69. The van der Waals surface area contributed by atoms with Gasteiger partial charge in [-0.25, -0.2) is 0 Å². The maximum atomic E-state index is 5.64. The fourth-order valence-electron chi connectivity index (χ4n) is 1.89. The van der Waals surface area contributed by atoms with Crippen LogP contribution in [0.1, 0.15) is 31.1 Å². The van der Waals surface area contributed by atoms with Gasteiger partial charge < -0.3 is 9.47 Å². The highest BCUT2D eigenvalue weighted by atomic mass is 16.5. The van der Waals surface area contributed by atoms with Gasteiger partial charge in [0.25, 0.3) is 0 Å². The average Bonchev–Trinajstić information content (AvgIpc) is 2.16. The third-order valence-corrected chi connectivity index (χ3v) is 2.45. The molecule has 0 amide bonds. The predicted octanol–water partition coefficient (Wildman–Crippen LogP) is 3.15. The lowest BCUT2D eigenvalue weighted by Gasteiger charge is -2.24. The number of methoxy groups -OCH3 is 1. The smallest absolute Gasteiger partial charge is 0.126 e. The molecule has 0 aromatic heterocycles. The van der Waals surface area contributed by atoms with E-state index in [0.717, 1.165) is 17.1 Å². The largest absolute Gasteiger partial charge is 0.496 e. The molecular formula is C12H14O2. The van der Waals surface area contributed by atoms with Crippen molar-refractivity contribution in [3.8, 4) is 5.75 Å². The Morgan fingerprint density at radius 1 is 1.36 bits per heavy atom. The van der Waals surface area contributed by atoms with Crippen LogP contribution in [-0.2, 0) is 4.74 Å². The topological polar surface area (TPSA) is 18.5 Å². The molecule has 2 rings (SSSR count). The van der Waals surface area contributed by atoms with Gasteiger partial charge in [-0.1, -0.05) is 12.1 Å². The Balaban J connectivity index is 2.59. The van der Waals surface area contributed by atoms with Gasteiger partial charge >= 0.3 is 0 Å². The molecule has 74 valence electrons. The molecule has 0 saturated heterocycles. The fourth-order valence-corrected chi connectivity index (χ4v) is 1.89. The van der Waals surface area contributed by atoms with Gasteiger partial charge in [0.05, 0.1) is 12.9 Å². The van der Waals surface area contributed by atoms with Crippen molar-refractivity contribution in [2.75, 3.05) is 7.11 Å². The summed E-state index contributed by atoms with van der Waals surface area (Å²) in [5.74, 6) is 1.86. The summed E-state index contributed by atoms with van der Waals surface area (Å²) in [5, 5.41) is 0. The van der Waals surface area contributed by atoms with Crippen molar-refractivity contribution in [2.45, 2.75) is 20.0 Å². The number of hydrogen-bond acceptors (Lipinski definition) is 2. The molecule has 14 heavy (non-hydrogen) atoms. The molecule has 0 bridgehead atoms. The van der Waals surface area contributed by atoms with Crippen molar-refractivity contribution < 1.29 is 9.47 Å². The van der Waals surface area contributed by atoms with Crippen LogP contribution in [0.5, 0.6) is 5.75 Å². The first kappa shape index (κ1) is 9.13. The molecule has 1 aromatic rings. The van der Waals surface area contributed by atoms with Crippen molar-refractivity contribution >= 4 is 6.08 Å². The summed E-state index contributed by atoms with van der Waals surface area (Å²) < 4.78 is 10.9. The van der Waals surface area contributed by atoms with E-state index in [1.54, 1.807) is 7.11 Å². The molecule has 0 saturated carbocycles. The van der Waals surface area contributed by atoms with Crippen LogP contribution in [0.15, 0.2) is 24.0 Å². The Labute approximate surface area is 84.2 Å². The highest BCUT2D eigenvalue weighted by molar-refractivity contribution is 5.61. The van der Waals surface area contributed by atoms with Crippen molar-refractivity contribution in [1.82, 2.24) is 0 Å². The molecule has 0 N–H and O–H groups in total. The minimum absolute atomic E-state index is 0.0751. The van der Waals surface area contributed by atoms with Crippen LogP contribution in [0.25, 0.3) is 6.08 Å². The monoisotopic (exact) mass is 190 g/mol. The van der Waals surface area contributed by atoms with Gasteiger partial charge in [-0.3, -0.25) is 0 Å². The van der Waals surface area contributed by atoms with Crippen LogP contribution in [-0.4, -0.2) is 7.11 Å². The third-order valence-electron chi connectivity index (χ3n) is 2.45. The number of fused-ring (bicyclic) bond motifs is 1. The van der Waals surface area contributed by atoms with E-state index >= 15 is 0 Å². The van der Waals surface area contributed by atoms with E-state index in [1.807, 2.05) is 32.1 Å². The molecule has 1 unspecified atom stereocenters. The second-order valence-electron chi connectivity index (χ2n) is 3.48. The standard InChI is InChI=1S/C12H14O2/c1-8-7-10-5-4-6-11(13-3)12(10)9(2)14-8/h4-7,9H,1-3H3. The van der Waals surface area contributed by atoms with Gasteiger partial charge in [0, 0.05) is 5.56 Å². The molecular weight excluding hydrogens is 176 g/mol. The summed E-state index contributed by atoms with van der Waals surface area (Å²) in [6, 6.07) is 6.05. The molecule has 1 aliphatic heterocycles. The van der Waals surface area contributed by atoms with Crippen molar-refractivity contribution in [1.29, 1.82) is 0 Å². The molecule has 1 aromatic carbocycles. The first-order valence-corrected chi connectivity index (χ1v) is 4.74. The maximum Gasteiger partial charge on any atom is 0.126 e. The lowest BCUT2D eigenvalue weighted by atomic mass is 9.99. The molecule has 0 radical (unpaired) electrons. The second kappa shape index (κ2) is 3.37. The molecule has 1 heterocycles. The quantitative estimate of drug-likeness (QED) is 0.677. The van der Waals surface area contributed by atoms with Crippen molar-refractivity contribution in [2.24, 2.45) is 0 Å². The zero-order chi connectivity index (χ0) is 10.1. The first-order chi connectivity index (χ1) is 6.72. The average molecular weight is 190 g/mol. The number of allylic oxidation sites excluding steroid dienone is 1. The highest BCUT2D eigenvalue weighted by Crippen LogP contribution is 2.36. The number of hydrogen-bond donors (Lipinski definition) is 0. The van der Waals surface area contributed by atoms with Crippen LogP contribution >= 0.6 is 0 Å². The van der Waals surface area contributed by atoms with Gasteiger partial charge in [-0.15, -0.1) is 0 Å². The lowest BCUT2D eigenvalue weighted by molar-refractivity contribution is 0.130. The number of ether oxygens (including phenoxy) is 2. The first-order valence-electron chi connectivity index (χ1n) is 4.74. The predicted molar refractivity (Wildman–Crippen MR) is 56.1 cm³/mol. The SMILES string of the molecule is COc1cccc2c1C(C)OC(C)=C2. The second-order valence-corrected chi connectivity index (χ2v) is 3.48. The molecule has 0 fully saturated rings. The summed E-state index contributed by atoms with van der Waals surface area (Å²) in [6.07, 6.45) is 2.11. The van der Waals surface area contributed by atoms with E-state index in [2.05, 4.69) is 6.07 Å². The molecule has 0 aliphatic carbocycles. The number of rotatable bonds is 1. The molecule has 2 nitrogen and oxygen atoms in total. The Kier molecular flexibility index (Phi) is 2.20. The minimum Gasteiger partial charge on any atom is -0.496 e. The Morgan fingerprint density at radius 3 is 2.86 bits per heavy atom. The third kappa shape index (κ3) is 1.37. The van der Waals surface area contributed by atoms with Crippen LogP contribution in [0.3, 0.4) is 0 Å². The van der Waals surface area contributed by atoms with Crippen molar-refractivity contribution in [3.63, 3.8) is 0 Å². The van der Waals surface area contributed by atoms with Gasteiger partial charge in [0.2, 0.25) is 0 Å². The zero-order valence-corrected chi connectivity index (χ0v) is 8.70. The normalized spacial score (nSPS) is 19.4. The van der Waals surface area contributed by atoms with E-state index in [4.69, 9.17) is 9.47 Å². The maximum absolute atomic E-state index is 5.64. The summed E-state index contributed by atoms with van der Waals surface area (Å²) in [4.78, 5) is 0. The lowest BCUT2D eigenvalue weighted by Crippen LogP contribution is -2.07. The van der Waals surface area contributed by atoms with Gasteiger partial charge in [-0.05, 0) is 31.6 Å². The van der Waals surface area contributed by atoms with Crippen LogP contribution in [0.2, 0.25) is 0 Å². The summed E-state index contributed by atoms with van der Waals surface area (Å²) in [6.45, 7) is 4.01. The van der Waals surface area contributed by atoms with E-state index in [0.29, 0.717) is 0 Å². The van der Waals surface area contributed by atoms with Crippen LogP contribution < -0.4 is 4.74 Å². The Morgan fingerprint density at radius 2 is 2.14 bits per heavy atom. The number of benzene rings is 1. The summed E-state index contributed by atoms with van der Waals surface area (Å²) >= 11 is 0. The van der Waals surface area contributed by atoms with Crippen molar-refractivity contribution in [3.05, 3.63) is 35.1 Å². The van der Waals surface area contributed by atoms with Crippen LogP contribution in [0, 0.1) is 0 Å². The van der Waals surface area contributed by atoms with E-state index < -0.39 is 0 Å². The molecule has 0 spiro atoms. The van der Waals surface area contributed by atoms with E-state index in [9.17, 15) is 0 Å². The fraction of sp³-hybridized carbons (Fsp3) is 0.333. The Hall–Kier alpha value is -1.44.